The van der Waals surface area contributed by atoms with E-state index in [0.717, 1.165) is 43.7 Å². The fraction of sp³-hybridized carbons (Fsp3) is 0.625. The molecule has 0 radical (unpaired) electrons. The van der Waals surface area contributed by atoms with E-state index in [-0.39, 0.29) is 5.54 Å². The standard InChI is InChI=1S/C16H26BrN3/c1-16(2,20-10-8-18-9-11-20)13-19(3)12-14-4-6-15(17)7-5-14/h4-7,18H,8-13H2,1-3H3. The summed E-state index contributed by atoms with van der Waals surface area (Å²) in [5, 5.41) is 3.43. The third-order valence-corrected chi connectivity index (χ3v) is 4.52. The molecule has 20 heavy (non-hydrogen) atoms. The maximum absolute atomic E-state index is 3.49. The largest absolute Gasteiger partial charge is 0.314 e. The van der Waals surface area contributed by atoms with E-state index in [1.54, 1.807) is 0 Å². The Balaban J connectivity index is 1.89. The second-order valence-corrected chi connectivity index (χ2v) is 7.26. The fourth-order valence-electron chi connectivity index (χ4n) is 2.99. The molecule has 0 bridgehead atoms. The number of halogens is 1. The third-order valence-electron chi connectivity index (χ3n) is 4.00. The first-order chi connectivity index (χ1) is 9.47. The van der Waals surface area contributed by atoms with E-state index in [0.29, 0.717) is 0 Å². The van der Waals surface area contributed by atoms with Gasteiger partial charge in [-0.05, 0) is 38.6 Å². The van der Waals surface area contributed by atoms with Crippen molar-refractivity contribution >= 4 is 15.9 Å². The summed E-state index contributed by atoms with van der Waals surface area (Å²) in [6, 6.07) is 8.62. The average molecular weight is 340 g/mol. The molecule has 0 saturated carbocycles. The first kappa shape index (κ1) is 16.0. The summed E-state index contributed by atoms with van der Waals surface area (Å²) in [6.45, 7) is 11.3. The lowest BCUT2D eigenvalue weighted by Gasteiger charge is -2.43. The van der Waals surface area contributed by atoms with Crippen molar-refractivity contribution in [2.75, 3.05) is 39.8 Å². The first-order valence-electron chi connectivity index (χ1n) is 7.36. The van der Waals surface area contributed by atoms with Gasteiger partial charge in [0.05, 0.1) is 0 Å². The molecule has 1 heterocycles. The number of likely N-dealkylation sites (N-methyl/N-ethyl adjacent to an activating group) is 1. The summed E-state index contributed by atoms with van der Waals surface area (Å²) in [4.78, 5) is 5.02. The van der Waals surface area contributed by atoms with Crippen LogP contribution in [0.5, 0.6) is 0 Å². The SMILES string of the molecule is CN(Cc1ccc(Br)cc1)CC(C)(C)N1CCNCC1. The Morgan fingerprint density at radius 3 is 2.40 bits per heavy atom. The van der Waals surface area contributed by atoms with Gasteiger partial charge in [0.2, 0.25) is 0 Å². The molecular weight excluding hydrogens is 314 g/mol. The highest BCUT2D eigenvalue weighted by molar-refractivity contribution is 9.10. The van der Waals surface area contributed by atoms with Crippen molar-refractivity contribution in [2.45, 2.75) is 25.9 Å². The first-order valence-corrected chi connectivity index (χ1v) is 8.15. The number of hydrogen-bond donors (Lipinski definition) is 1. The van der Waals surface area contributed by atoms with Gasteiger partial charge in [0, 0.05) is 49.3 Å². The lowest BCUT2D eigenvalue weighted by molar-refractivity contribution is 0.0693. The molecule has 3 nitrogen and oxygen atoms in total. The van der Waals surface area contributed by atoms with Crippen LogP contribution in [0, 0.1) is 0 Å². The lowest BCUT2D eigenvalue weighted by Crippen LogP contribution is -2.57. The molecule has 1 N–H and O–H groups in total. The molecule has 1 aromatic rings. The molecule has 1 aliphatic rings. The van der Waals surface area contributed by atoms with Crippen LogP contribution in [0.2, 0.25) is 0 Å². The smallest absolute Gasteiger partial charge is 0.0281 e. The van der Waals surface area contributed by atoms with Gasteiger partial charge in [0.15, 0.2) is 0 Å². The van der Waals surface area contributed by atoms with E-state index in [4.69, 9.17) is 0 Å². The average Bonchev–Trinajstić information content (AvgIpc) is 2.42. The number of nitrogens with zero attached hydrogens (tertiary/aromatic N) is 2. The van der Waals surface area contributed by atoms with Gasteiger partial charge in [-0.25, -0.2) is 0 Å². The van der Waals surface area contributed by atoms with Gasteiger partial charge in [-0.2, -0.15) is 0 Å². The van der Waals surface area contributed by atoms with Crippen LogP contribution in [-0.2, 0) is 6.54 Å². The Hall–Kier alpha value is -0.420. The van der Waals surface area contributed by atoms with Crippen molar-refractivity contribution in [1.82, 2.24) is 15.1 Å². The van der Waals surface area contributed by atoms with Crippen molar-refractivity contribution in [3.05, 3.63) is 34.3 Å². The normalized spacial score (nSPS) is 17.6. The number of benzene rings is 1. The third kappa shape index (κ3) is 4.55. The maximum Gasteiger partial charge on any atom is 0.0281 e. The van der Waals surface area contributed by atoms with E-state index >= 15 is 0 Å². The van der Waals surface area contributed by atoms with Crippen molar-refractivity contribution in [2.24, 2.45) is 0 Å². The van der Waals surface area contributed by atoms with E-state index in [1.165, 1.54) is 5.56 Å². The molecular formula is C16H26BrN3. The molecule has 0 atom stereocenters. The Morgan fingerprint density at radius 2 is 1.80 bits per heavy atom. The topological polar surface area (TPSA) is 18.5 Å². The van der Waals surface area contributed by atoms with Crippen LogP contribution in [0.4, 0.5) is 0 Å². The number of nitrogens with one attached hydrogen (secondary N) is 1. The lowest BCUT2D eigenvalue weighted by atomic mass is 10.0. The summed E-state index contributed by atoms with van der Waals surface area (Å²) in [5.41, 5.74) is 1.60. The van der Waals surface area contributed by atoms with Crippen LogP contribution in [-0.4, -0.2) is 55.1 Å². The van der Waals surface area contributed by atoms with Crippen molar-refractivity contribution in [3.63, 3.8) is 0 Å². The van der Waals surface area contributed by atoms with E-state index in [2.05, 4.69) is 76.2 Å². The minimum atomic E-state index is 0.228. The van der Waals surface area contributed by atoms with Crippen LogP contribution in [0.25, 0.3) is 0 Å². The molecule has 0 amide bonds. The molecule has 1 saturated heterocycles. The molecule has 112 valence electrons. The second-order valence-electron chi connectivity index (χ2n) is 6.35. The van der Waals surface area contributed by atoms with Crippen LogP contribution in [0.3, 0.4) is 0 Å². The minimum absolute atomic E-state index is 0.228. The van der Waals surface area contributed by atoms with E-state index in [1.807, 2.05) is 0 Å². The Bertz CT molecular complexity index is 410. The number of hydrogen-bond acceptors (Lipinski definition) is 3. The number of piperazine rings is 1. The summed E-state index contributed by atoms with van der Waals surface area (Å²) < 4.78 is 1.14. The van der Waals surface area contributed by atoms with Crippen LogP contribution < -0.4 is 5.32 Å². The van der Waals surface area contributed by atoms with Gasteiger partial charge in [-0.3, -0.25) is 4.90 Å². The van der Waals surface area contributed by atoms with Crippen LogP contribution in [0.1, 0.15) is 19.4 Å². The van der Waals surface area contributed by atoms with Crippen molar-refractivity contribution < 1.29 is 0 Å². The Labute approximate surface area is 131 Å². The summed E-state index contributed by atoms with van der Waals surface area (Å²) in [5.74, 6) is 0. The van der Waals surface area contributed by atoms with Crippen LogP contribution >= 0.6 is 15.9 Å². The fourth-order valence-corrected chi connectivity index (χ4v) is 3.25. The van der Waals surface area contributed by atoms with Crippen molar-refractivity contribution in [3.8, 4) is 0 Å². The highest BCUT2D eigenvalue weighted by atomic mass is 79.9. The van der Waals surface area contributed by atoms with Gasteiger partial charge in [0.25, 0.3) is 0 Å². The molecule has 2 rings (SSSR count). The predicted octanol–water partition coefficient (Wildman–Crippen LogP) is 2.56. The predicted molar refractivity (Wildman–Crippen MR) is 89.0 cm³/mol. The molecule has 0 unspecified atom stereocenters. The highest BCUT2D eigenvalue weighted by Crippen LogP contribution is 2.18. The zero-order chi connectivity index (χ0) is 14.6. The summed E-state index contributed by atoms with van der Waals surface area (Å²) >= 11 is 3.49. The molecule has 1 aromatic carbocycles. The van der Waals surface area contributed by atoms with E-state index in [9.17, 15) is 0 Å². The monoisotopic (exact) mass is 339 g/mol. The van der Waals surface area contributed by atoms with E-state index < -0.39 is 0 Å². The molecule has 0 spiro atoms. The van der Waals surface area contributed by atoms with Crippen molar-refractivity contribution in [1.29, 1.82) is 0 Å². The van der Waals surface area contributed by atoms with Gasteiger partial charge < -0.3 is 10.2 Å². The van der Waals surface area contributed by atoms with Crippen LogP contribution in [0.15, 0.2) is 28.7 Å². The minimum Gasteiger partial charge on any atom is -0.314 e. The molecule has 1 fully saturated rings. The highest BCUT2D eigenvalue weighted by Gasteiger charge is 2.28. The Morgan fingerprint density at radius 1 is 1.20 bits per heavy atom. The van der Waals surface area contributed by atoms with Gasteiger partial charge in [-0.1, -0.05) is 28.1 Å². The zero-order valence-corrected chi connectivity index (χ0v) is 14.4. The zero-order valence-electron chi connectivity index (χ0n) is 12.8. The quantitative estimate of drug-likeness (QED) is 0.889. The Kier molecular flexibility index (Phi) is 5.61. The van der Waals surface area contributed by atoms with Gasteiger partial charge >= 0.3 is 0 Å². The van der Waals surface area contributed by atoms with Gasteiger partial charge in [-0.15, -0.1) is 0 Å². The molecule has 0 aromatic heterocycles. The number of rotatable bonds is 5. The molecule has 0 aliphatic carbocycles. The van der Waals surface area contributed by atoms with Gasteiger partial charge in [0.1, 0.15) is 0 Å². The second kappa shape index (κ2) is 7.03. The molecule has 1 aliphatic heterocycles. The maximum atomic E-state index is 3.49. The molecule has 4 heteroatoms. The summed E-state index contributed by atoms with van der Waals surface area (Å²) in [6.07, 6.45) is 0. The summed E-state index contributed by atoms with van der Waals surface area (Å²) in [7, 11) is 2.21.